The van der Waals surface area contributed by atoms with E-state index in [9.17, 15) is 0 Å². The van der Waals surface area contributed by atoms with Crippen molar-refractivity contribution in [1.29, 1.82) is 0 Å². The lowest BCUT2D eigenvalue weighted by Crippen LogP contribution is -1.93. The molecule has 4 rings (SSSR count). The van der Waals surface area contributed by atoms with Gasteiger partial charge >= 0.3 is 0 Å². The average molecular weight is 333 g/mol. The van der Waals surface area contributed by atoms with Gasteiger partial charge in [-0.25, -0.2) is 4.98 Å². The highest BCUT2D eigenvalue weighted by atomic mass is 35.5. The monoisotopic (exact) mass is 332 g/mol. The summed E-state index contributed by atoms with van der Waals surface area (Å²) in [5.41, 5.74) is 5.79. The first kappa shape index (κ1) is 15.0. The molecule has 2 nitrogen and oxygen atoms in total. The molecule has 0 saturated carbocycles. The van der Waals surface area contributed by atoms with E-state index in [-0.39, 0.29) is 0 Å². The van der Waals surface area contributed by atoms with Crippen molar-refractivity contribution in [2.24, 2.45) is 0 Å². The Morgan fingerprint density at radius 3 is 2.38 bits per heavy atom. The minimum atomic E-state index is 0.774. The van der Waals surface area contributed by atoms with Crippen LogP contribution in [0.1, 0.15) is 11.4 Å². The van der Waals surface area contributed by atoms with Gasteiger partial charge in [0, 0.05) is 11.4 Å². The molecule has 0 unspecified atom stereocenters. The fourth-order valence-electron chi connectivity index (χ4n) is 2.90. The highest BCUT2D eigenvalue weighted by Gasteiger charge is 2.05. The van der Waals surface area contributed by atoms with Gasteiger partial charge in [-0.3, -0.25) is 0 Å². The molecule has 118 valence electrons. The van der Waals surface area contributed by atoms with Gasteiger partial charge in [-0.1, -0.05) is 60.1 Å². The van der Waals surface area contributed by atoms with Crippen LogP contribution in [0.2, 0.25) is 5.02 Å². The Morgan fingerprint density at radius 1 is 0.792 bits per heavy atom. The van der Waals surface area contributed by atoms with Crippen LogP contribution in [0.15, 0.2) is 72.8 Å². The van der Waals surface area contributed by atoms with Crippen molar-refractivity contribution in [3.63, 3.8) is 0 Å². The molecule has 0 aliphatic rings. The van der Waals surface area contributed by atoms with Crippen molar-refractivity contribution in [2.75, 3.05) is 0 Å². The van der Waals surface area contributed by atoms with Crippen LogP contribution >= 0.6 is 11.6 Å². The number of H-pyrrole nitrogens is 1. The first-order valence-electron chi connectivity index (χ1n) is 8.06. The number of hydrogen-bond donors (Lipinski definition) is 1. The number of nitrogens with one attached hydrogen (secondary N) is 1. The lowest BCUT2D eigenvalue weighted by atomic mass is 10.1. The zero-order valence-corrected chi connectivity index (χ0v) is 13.9. The molecule has 0 spiro atoms. The van der Waals surface area contributed by atoms with Crippen molar-refractivity contribution in [1.82, 2.24) is 9.97 Å². The predicted molar refractivity (Wildman–Crippen MR) is 100 cm³/mol. The van der Waals surface area contributed by atoms with Gasteiger partial charge in [-0.05, 0) is 47.4 Å². The lowest BCUT2D eigenvalue weighted by Gasteiger charge is -2.00. The molecule has 3 heteroatoms. The minimum absolute atomic E-state index is 0.774. The predicted octanol–water partition coefficient (Wildman–Crippen LogP) is 5.67. The molecule has 1 N–H and O–H groups in total. The van der Waals surface area contributed by atoms with Crippen molar-refractivity contribution in [3.05, 3.63) is 89.2 Å². The maximum absolute atomic E-state index is 5.93. The number of nitrogens with zero attached hydrogens (tertiary/aromatic N) is 1. The smallest absolute Gasteiger partial charge is 0.107 e. The summed E-state index contributed by atoms with van der Waals surface area (Å²) >= 11 is 5.93. The largest absolute Gasteiger partial charge is 0.342 e. The van der Waals surface area contributed by atoms with Gasteiger partial charge < -0.3 is 4.98 Å². The maximum Gasteiger partial charge on any atom is 0.107 e. The number of hydrogen-bond acceptors (Lipinski definition) is 1. The fraction of sp³-hybridized carbons (Fsp3) is 0.0952. The number of aryl methyl sites for hydroxylation is 2. The van der Waals surface area contributed by atoms with Crippen LogP contribution in [0.5, 0.6) is 0 Å². The van der Waals surface area contributed by atoms with E-state index >= 15 is 0 Å². The second-order valence-electron chi connectivity index (χ2n) is 5.91. The molecule has 0 bridgehead atoms. The van der Waals surface area contributed by atoms with E-state index in [1.807, 2.05) is 18.2 Å². The topological polar surface area (TPSA) is 28.7 Å². The van der Waals surface area contributed by atoms with Gasteiger partial charge in [0.2, 0.25) is 0 Å². The third-order valence-electron chi connectivity index (χ3n) is 4.20. The Kier molecular flexibility index (Phi) is 4.06. The molecule has 0 saturated heterocycles. The first-order valence-corrected chi connectivity index (χ1v) is 8.44. The molecule has 3 aromatic carbocycles. The molecule has 0 radical (unpaired) electrons. The van der Waals surface area contributed by atoms with Crippen molar-refractivity contribution in [2.45, 2.75) is 12.8 Å². The summed E-state index contributed by atoms with van der Waals surface area (Å²) in [6.07, 6.45) is 1.83. The Morgan fingerprint density at radius 2 is 1.58 bits per heavy atom. The second kappa shape index (κ2) is 6.50. The zero-order valence-electron chi connectivity index (χ0n) is 13.2. The Hall–Kier alpha value is -2.58. The summed E-state index contributed by atoms with van der Waals surface area (Å²) in [6.45, 7) is 0. The number of imidazole rings is 1. The van der Waals surface area contributed by atoms with Gasteiger partial charge in [-0.15, -0.1) is 0 Å². The molecular formula is C21H17ClN2. The van der Waals surface area contributed by atoms with Crippen LogP contribution in [0.3, 0.4) is 0 Å². The average Bonchev–Trinajstić information content (AvgIpc) is 3.04. The van der Waals surface area contributed by atoms with Crippen LogP contribution in [-0.2, 0) is 12.8 Å². The van der Waals surface area contributed by atoms with Crippen LogP contribution in [-0.4, -0.2) is 9.97 Å². The van der Waals surface area contributed by atoms with Gasteiger partial charge in [0.15, 0.2) is 0 Å². The molecule has 0 aliphatic heterocycles. The summed E-state index contributed by atoms with van der Waals surface area (Å²) < 4.78 is 0. The van der Waals surface area contributed by atoms with Gasteiger partial charge in [0.1, 0.15) is 5.82 Å². The second-order valence-corrected chi connectivity index (χ2v) is 6.34. The molecule has 0 aliphatic carbocycles. The number of halogens is 1. The summed E-state index contributed by atoms with van der Waals surface area (Å²) in [4.78, 5) is 8.15. The molecule has 1 heterocycles. The lowest BCUT2D eigenvalue weighted by molar-refractivity contribution is 0.890. The number of benzene rings is 3. The van der Waals surface area contributed by atoms with Crippen molar-refractivity contribution >= 4 is 22.6 Å². The minimum Gasteiger partial charge on any atom is -0.342 e. The summed E-state index contributed by atoms with van der Waals surface area (Å²) in [5.74, 6) is 1.02. The molecule has 4 aromatic rings. The summed E-state index contributed by atoms with van der Waals surface area (Å²) in [5, 5.41) is 0.774. The van der Waals surface area contributed by atoms with Crippen molar-refractivity contribution in [3.8, 4) is 11.1 Å². The van der Waals surface area contributed by atoms with Gasteiger partial charge in [0.05, 0.1) is 11.0 Å². The Labute approximate surface area is 146 Å². The van der Waals surface area contributed by atoms with Crippen molar-refractivity contribution < 1.29 is 0 Å². The van der Waals surface area contributed by atoms with Crippen LogP contribution in [0.25, 0.3) is 22.2 Å². The normalized spacial score (nSPS) is 11.0. The number of aromatic nitrogens is 2. The highest BCUT2D eigenvalue weighted by Crippen LogP contribution is 2.23. The molecule has 0 atom stereocenters. The van der Waals surface area contributed by atoms with Crippen LogP contribution in [0.4, 0.5) is 0 Å². The number of aromatic amines is 1. The highest BCUT2D eigenvalue weighted by molar-refractivity contribution is 6.30. The maximum atomic E-state index is 5.93. The standard InChI is InChI=1S/C21H17ClN2/c22-18-10-6-15(7-11-18)8-13-21-23-19-12-9-17(14-20(19)24-21)16-4-2-1-3-5-16/h1-7,9-12,14H,8,13H2,(H,23,24). The Balaban J connectivity index is 1.56. The van der Waals surface area contributed by atoms with E-state index in [0.29, 0.717) is 0 Å². The van der Waals surface area contributed by atoms with E-state index in [1.165, 1.54) is 16.7 Å². The van der Waals surface area contributed by atoms with E-state index < -0.39 is 0 Å². The van der Waals surface area contributed by atoms with Gasteiger partial charge in [-0.2, -0.15) is 0 Å². The summed E-state index contributed by atoms with van der Waals surface area (Å²) in [6, 6.07) is 24.8. The van der Waals surface area contributed by atoms with E-state index in [1.54, 1.807) is 0 Å². The van der Waals surface area contributed by atoms with Crippen LogP contribution < -0.4 is 0 Å². The van der Waals surface area contributed by atoms with E-state index in [4.69, 9.17) is 16.6 Å². The Bertz CT molecular complexity index is 956. The van der Waals surface area contributed by atoms with Crippen LogP contribution in [0, 0.1) is 0 Å². The first-order chi connectivity index (χ1) is 11.8. The van der Waals surface area contributed by atoms with E-state index in [0.717, 1.165) is 34.7 Å². The molecule has 0 fully saturated rings. The van der Waals surface area contributed by atoms with Gasteiger partial charge in [0.25, 0.3) is 0 Å². The summed E-state index contributed by atoms with van der Waals surface area (Å²) in [7, 11) is 0. The quantitative estimate of drug-likeness (QED) is 0.512. The zero-order chi connectivity index (χ0) is 16.4. The third kappa shape index (κ3) is 3.19. The molecule has 24 heavy (non-hydrogen) atoms. The number of fused-ring (bicyclic) bond motifs is 1. The SMILES string of the molecule is Clc1ccc(CCc2nc3ccc(-c4ccccc4)cc3[nH]2)cc1. The van der Waals surface area contributed by atoms with E-state index in [2.05, 4.69) is 59.6 Å². The molecule has 0 amide bonds. The molecule has 1 aromatic heterocycles. The molecular weight excluding hydrogens is 316 g/mol. The third-order valence-corrected chi connectivity index (χ3v) is 4.45. The number of rotatable bonds is 4. The fourth-order valence-corrected chi connectivity index (χ4v) is 3.03.